The SMILES string of the molecule is O=C(CN1CCC(O)(Cn2cnc3ccccc3c2=O)CC1)NCc1cccs1. The highest BCUT2D eigenvalue weighted by Gasteiger charge is 2.33. The van der Waals surface area contributed by atoms with Crippen molar-refractivity contribution in [2.75, 3.05) is 19.6 Å². The van der Waals surface area contributed by atoms with E-state index in [1.54, 1.807) is 23.5 Å². The number of carbonyl (C=O) groups excluding carboxylic acids is 1. The van der Waals surface area contributed by atoms with Gasteiger partial charge in [0.25, 0.3) is 5.56 Å². The number of nitrogens with zero attached hydrogens (tertiary/aromatic N) is 3. The fourth-order valence-corrected chi connectivity index (χ4v) is 4.32. The quantitative estimate of drug-likeness (QED) is 0.642. The van der Waals surface area contributed by atoms with Crippen LogP contribution in [0.4, 0.5) is 0 Å². The topological polar surface area (TPSA) is 87.5 Å². The van der Waals surface area contributed by atoms with Crippen LogP contribution in [-0.4, -0.2) is 50.7 Å². The molecule has 1 aromatic carbocycles. The Labute approximate surface area is 172 Å². The Kier molecular flexibility index (Phi) is 5.75. The summed E-state index contributed by atoms with van der Waals surface area (Å²) >= 11 is 1.62. The number of aromatic nitrogens is 2. The Hall–Kier alpha value is -2.55. The smallest absolute Gasteiger partial charge is 0.261 e. The van der Waals surface area contributed by atoms with Gasteiger partial charge in [-0.2, -0.15) is 0 Å². The lowest BCUT2D eigenvalue weighted by atomic mass is 9.91. The van der Waals surface area contributed by atoms with Crippen LogP contribution in [-0.2, 0) is 17.9 Å². The Morgan fingerprint density at radius 2 is 2.00 bits per heavy atom. The third-order valence-electron chi connectivity index (χ3n) is 5.39. The molecule has 0 atom stereocenters. The van der Waals surface area contributed by atoms with E-state index in [0.717, 1.165) is 4.88 Å². The molecule has 0 unspecified atom stereocenters. The standard InChI is InChI=1S/C21H24N4O3S/c26-19(22-12-16-4-3-11-29-16)13-24-9-7-21(28,8-10-24)14-25-15-23-18-6-2-1-5-17(18)20(25)27/h1-6,11,15,28H,7-10,12-14H2,(H,22,26). The van der Waals surface area contributed by atoms with Crippen molar-refractivity contribution in [3.63, 3.8) is 0 Å². The van der Waals surface area contributed by atoms with E-state index >= 15 is 0 Å². The summed E-state index contributed by atoms with van der Waals surface area (Å²) in [5.74, 6) is -0.0150. The molecule has 1 saturated heterocycles. The predicted octanol–water partition coefficient (Wildman–Crippen LogP) is 1.60. The monoisotopic (exact) mass is 412 g/mol. The molecule has 0 spiro atoms. The molecule has 0 bridgehead atoms. The van der Waals surface area contributed by atoms with Gasteiger partial charge in [0.1, 0.15) is 0 Å². The van der Waals surface area contributed by atoms with E-state index in [1.165, 1.54) is 10.9 Å². The van der Waals surface area contributed by atoms with Crippen molar-refractivity contribution < 1.29 is 9.90 Å². The number of para-hydroxylation sites is 1. The van der Waals surface area contributed by atoms with Crippen molar-refractivity contribution in [3.8, 4) is 0 Å². The van der Waals surface area contributed by atoms with Crippen LogP contribution >= 0.6 is 11.3 Å². The summed E-state index contributed by atoms with van der Waals surface area (Å²) < 4.78 is 1.49. The highest BCUT2D eigenvalue weighted by molar-refractivity contribution is 7.09. The molecule has 2 N–H and O–H groups in total. The van der Waals surface area contributed by atoms with Gasteiger partial charge in [-0.05, 0) is 36.4 Å². The molecule has 1 fully saturated rings. The first-order chi connectivity index (χ1) is 14.0. The first-order valence-electron chi connectivity index (χ1n) is 9.70. The fourth-order valence-electron chi connectivity index (χ4n) is 3.68. The Bertz CT molecular complexity index is 1040. The number of fused-ring (bicyclic) bond motifs is 1. The van der Waals surface area contributed by atoms with E-state index in [0.29, 0.717) is 49.9 Å². The number of thiophene rings is 1. The van der Waals surface area contributed by atoms with E-state index in [1.807, 2.05) is 34.5 Å². The van der Waals surface area contributed by atoms with Crippen LogP contribution < -0.4 is 10.9 Å². The molecule has 2 aromatic heterocycles. The van der Waals surface area contributed by atoms with Crippen LogP contribution in [0.25, 0.3) is 10.9 Å². The van der Waals surface area contributed by atoms with Gasteiger partial charge in [0.15, 0.2) is 0 Å². The molecular weight excluding hydrogens is 388 g/mol. The van der Waals surface area contributed by atoms with Gasteiger partial charge >= 0.3 is 0 Å². The average Bonchev–Trinajstić information content (AvgIpc) is 3.25. The zero-order valence-electron chi connectivity index (χ0n) is 16.1. The molecule has 1 aliphatic rings. The molecule has 1 aliphatic heterocycles. The third kappa shape index (κ3) is 4.72. The number of benzene rings is 1. The molecule has 152 valence electrons. The largest absolute Gasteiger partial charge is 0.388 e. The maximum absolute atomic E-state index is 12.7. The maximum Gasteiger partial charge on any atom is 0.261 e. The number of amides is 1. The summed E-state index contributed by atoms with van der Waals surface area (Å²) in [7, 11) is 0. The summed E-state index contributed by atoms with van der Waals surface area (Å²) in [5.41, 5.74) is -0.457. The van der Waals surface area contributed by atoms with Crippen molar-refractivity contribution >= 4 is 28.1 Å². The number of nitrogens with one attached hydrogen (secondary N) is 1. The lowest BCUT2D eigenvalue weighted by molar-refractivity contribution is -0.123. The summed E-state index contributed by atoms with van der Waals surface area (Å²) in [5, 5.41) is 16.5. The van der Waals surface area contributed by atoms with Crippen molar-refractivity contribution in [2.24, 2.45) is 0 Å². The van der Waals surface area contributed by atoms with Gasteiger partial charge in [-0.1, -0.05) is 18.2 Å². The van der Waals surface area contributed by atoms with Gasteiger partial charge in [0, 0.05) is 18.0 Å². The highest BCUT2D eigenvalue weighted by atomic mass is 32.1. The summed E-state index contributed by atoms with van der Waals surface area (Å²) in [6.45, 7) is 2.30. The van der Waals surface area contributed by atoms with Gasteiger partial charge in [0.2, 0.25) is 5.91 Å². The minimum absolute atomic E-state index is 0.0150. The van der Waals surface area contributed by atoms with Crippen LogP contribution in [0.1, 0.15) is 17.7 Å². The van der Waals surface area contributed by atoms with Gasteiger partial charge in [-0.25, -0.2) is 4.98 Å². The molecule has 3 heterocycles. The molecule has 1 amide bonds. The Balaban J connectivity index is 1.32. The van der Waals surface area contributed by atoms with Gasteiger partial charge in [-0.3, -0.25) is 19.1 Å². The number of aliphatic hydroxyl groups is 1. The minimum Gasteiger partial charge on any atom is -0.388 e. The lowest BCUT2D eigenvalue weighted by Crippen LogP contribution is -2.50. The van der Waals surface area contributed by atoms with Gasteiger partial charge in [-0.15, -0.1) is 11.3 Å². The van der Waals surface area contributed by atoms with Crippen molar-refractivity contribution in [1.29, 1.82) is 0 Å². The van der Waals surface area contributed by atoms with Crippen LogP contribution in [0.3, 0.4) is 0 Å². The third-order valence-corrected chi connectivity index (χ3v) is 6.27. The second-order valence-electron chi connectivity index (χ2n) is 7.55. The van der Waals surface area contributed by atoms with Crippen molar-refractivity contribution in [2.45, 2.75) is 31.5 Å². The Morgan fingerprint density at radius 3 is 2.76 bits per heavy atom. The van der Waals surface area contributed by atoms with E-state index in [9.17, 15) is 14.7 Å². The zero-order valence-corrected chi connectivity index (χ0v) is 16.9. The summed E-state index contributed by atoms with van der Waals surface area (Å²) in [6, 6.07) is 11.2. The lowest BCUT2D eigenvalue weighted by Gasteiger charge is -2.38. The molecule has 0 saturated carbocycles. The fraction of sp³-hybridized carbons (Fsp3) is 0.381. The Morgan fingerprint density at radius 1 is 1.21 bits per heavy atom. The van der Waals surface area contributed by atoms with E-state index in [4.69, 9.17) is 0 Å². The molecule has 0 radical (unpaired) electrons. The number of hydrogen-bond donors (Lipinski definition) is 2. The summed E-state index contributed by atoms with van der Waals surface area (Å²) in [4.78, 5) is 32.3. The normalized spacial score (nSPS) is 16.7. The van der Waals surface area contributed by atoms with E-state index in [2.05, 4.69) is 10.3 Å². The molecule has 7 nitrogen and oxygen atoms in total. The van der Waals surface area contributed by atoms with E-state index in [-0.39, 0.29) is 18.0 Å². The predicted molar refractivity (Wildman–Crippen MR) is 113 cm³/mol. The van der Waals surface area contributed by atoms with Crippen molar-refractivity contribution in [3.05, 3.63) is 63.3 Å². The molecule has 29 heavy (non-hydrogen) atoms. The van der Waals surface area contributed by atoms with E-state index < -0.39 is 5.60 Å². The second-order valence-corrected chi connectivity index (χ2v) is 8.58. The maximum atomic E-state index is 12.7. The number of likely N-dealkylation sites (tertiary alicyclic amines) is 1. The first-order valence-corrected chi connectivity index (χ1v) is 10.6. The summed E-state index contributed by atoms with van der Waals surface area (Å²) in [6.07, 6.45) is 2.52. The number of hydrogen-bond acceptors (Lipinski definition) is 6. The molecule has 3 aromatic rings. The minimum atomic E-state index is -0.974. The van der Waals surface area contributed by atoms with Crippen LogP contribution in [0.2, 0.25) is 0 Å². The van der Waals surface area contributed by atoms with Gasteiger partial charge < -0.3 is 10.4 Å². The molecule has 4 rings (SSSR count). The first kappa shape index (κ1) is 19.8. The molecule has 8 heteroatoms. The molecular formula is C21H24N4O3S. The van der Waals surface area contributed by atoms with Gasteiger partial charge in [0.05, 0.1) is 42.5 Å². The number of piperidine rings is 1. The second kappa shape index (κ2) is 8.44. The van der Waals surface area contributed by atoms with Crippen LogP contribution in [0.5, 0.6) is 0 Å². The average molecular weight is 413 g/mol. The zero-order chi connectivity index (χ0) is 20.3. The number of carbonyl (C=O) groups is 1. The highest BCUT2D eigenvalue weighted by Crippen LogP contribution is 2.23. The number of rotatable bonds is 6. The van der Waals surface area contributed by atoms with Crippen molar-refractivity contribution in [1.82, 2.24) is 19.8 Å². The van der Waals surface area contributed by atoms with Crippen LogP contribution in [0, 0.1) is 0 Å². The van der Waals surface area contributed by atoms with Crippen LogP contribution in [0.15, 0.2) is 52.9 Å². The molecule has 0 aliphatic carbocycles.